The van der Waals surface area contributed by atoms with Gasteiger partial charge in [-0.15, -0.1) is 11.5 Å². The van der Waals surface area contributed by atoms with Crippen LogP contribution in [0.1, 0.15) is 38.2 Å². The first-order valence-corrected chi connectivity index (χ1v) is 6.25. The molecule has 0 atom stereocenters. The van der Waals surface area contributed by atoms with Crippen LogP contribution in [0, 0.1) is 46.9 Å². The minimum atomic E-state index is -1.30. The first-order chi connectivity index (χ1) is 10.6. The molecule has 0 amide bonds. The Kier molecular flexibility index (Phi) is 29.3. The molecule has 0 saturated heterocycles. The number of carboxylic acids is 1. The van der Waals surface area contributed by atoms with Crippen molar-refractivity contribution >= 4 is 17.5 Å². The molecule has 10 nitrogen and oxygen atoms in total. The van der Waals surface area contributed by atoms with E-state index < -0.39 is 5.97 Å². The van der Waals surface area contributed by atoms with Crippen LogP contribution < -0.4 is 15.3 Å². The fraction of sp³-hybridized carbons (Fsp3) is 0.267. The van der Waals surface area contributed by atoms with E-state index in [2.05, 4.69) is 9.97 Å². The topological polar surface area (TPSA) is 212 Å². The second-order valence-electron chi connectivity index (χ2n) is 4.11. The number of aromatic carboxylic acids is 1. The zero-order valence-electron chi connectivity index (χ0n) is 14.7. The number of hydrogen-bond acceptors (Lipinski definition) is 8. The molecule has 0 saturated carbocycles. The second kappa shape index (κ2) is 21.5. The molecule has 0 aromatic carbocycles. The molecule has 0 aliphatic carbocycles. The normalized spacial score (nSPS) is 9.23. The number of allylic oxidation sites excluding steroid dienone is 4. The van der Waals surface area contributed by atoms with Crippen LogP contribution in [-0.4, -0.2) is 27.5 Å². The van der Waals surface area contributed by atoms with Gasteiger partial charge < -0.3 is 31.1 Å². The molecule has 153 valence electrons. The fourth-order valence-electron chi connectivity index (χ4n) is 0.977. The summed E-state index contributed by atoms with van der Waals surface area (Å²) in [5.74, 6) is -2.05. The van der Waals surface area contributed by atoms with Crippen molar-refractivity contribution in [3.63, 3.8) is 0 Å². The zero-order chi connectivity index (χ0) is 18.4. The number of carbonyl (C=O) groups excluding carboxylic acids is 3. The van der Waals surface area contributed by atoms with Gasteiger partial charge in [-0.3, -0.25) is 19.6 Å². The van der Waals surface area contributed by atoms with Crippen LogP contribution in [0.4, 0.5) is 0 Å². The Bertz CT molecular complexity index is 553. The summed E-state index contributed by atoms with van der Waals surface area (Å²) in [5, 5.41) is 29.9. The van der Waals surface area contributed by atoms with E-state index in [9.17, 15) is 29.7 Å². The maximum absolute atomic E-state index is 9.99. The van der Waals surface area contributed by atoms with Crippen molar-refractivity contribution in [2.45, 2.75) is 27.7 Å². The molecule has 6 N–H and O–H groups in total. The van der Waals surface area contributed by atoms with Crippen LogP contribution in [0.5, 0.6) is 0 Å². The predicted molar refractivity (Wildman–Crippen MR) is 85.0 cm³/mol. The summed E-state index contributed by atoms with van der Waals surface area (Å²) in [5.41, 5.74) is -0.141. The van der Waals surface area contributed by atoms with Gasteiger partial charge in [0.2, 0.25) is 0 Å². The maximum atomic E-state index is 9.99. The van der Waals surface area contributed by atoms with E-state index in [1.165, 1.54) is 40.1 Å². The summed E-state index contributed by atoms with van der Waals surface area (Å²) in [4.78, 5) is 36.9. The molecule has 0 unspecified atom stereocenters. The molecule has 0 aliphatic rings. The third-order valence-corrected chi connectivity index (χ3v) is 1.59. The molecule has 1 rings (SSSR count). The quantitative estimate of drug-likeness (QED) is 0.218. The van der Waals surface area contributed by atoms with Crippen molar-refractivity contribution in [1.82, 2.24) is 9.97 Å². The molecular formula is C15H23N2O8Yb+2. The van der Waals surface area contributed by atoms with Crippen LogP contribution in [0.15, 0.2) is 42.3 Å². The number of rotatable bonds is 3. The van der Waals surface area contributed by atoms with E-state index in [4.69, 9.17) is 0 Å². The predicted octanol–water partition coefficient (Wildman–Crippen LogP) is -3.32. The van der Waals surface area contributed by atoms with Gasteiger partial charge in [-0.2, -0.15) is 0 Å². The van der Waals surface area contributed by atoms with Gasteiger partial charge in [-0.25, -0.2) is 0 Å². The smallest absolute Gasteiger partial charge is 0.876 e. The van der Waals surface area contributed by atoms with Gasteiger partial charge in [-0.1, -0.05) is 13.8 Å². The fourth-order valence-corrected chi connectivity index (χ4v) is 0.977. The summed E-state index contributed by atoms with van der Waals surface area (Å²) in [6.45, 7) is 5.39. The van der Waals surface area contributed by atoms with Gasteiger partial charge in [0.1, 0.15) is 5.69 Å². The number of hydrogen-bond donors (Lipinski definition) is 0. The van der Waals surface area contributed by atoms with Crippen LogP contribution in [0.25, 0.3) is 0 Å². The monoisotopic (exact) mass is 533 g/mol. The summed E-state index contributed by atoms with van der Waals surface area (Å²) in [7, 11) is 0. The Hall–Kier alpha value is -1.59. The molecule has 1 aromatic heterocycles. The van der Waals surface area contributed by atoms with Crippen molar-refractivity contribution in [3.8, 4) is 0 Å². The van der Waals surface area contributed by atoms with Crippen molar-refractivity contribution in [2.24, 2.45) is 0 Å². The van der Waals surface area contributed by atoms with E-state index in [1.807, 2.05) is 0 Å². The summed E-state index contributed by atoms with van der Waals surface area (Å²) >= 11 is 0. The van der Waals surface area contributed by atoms with E-state index in [-0.39, 0.29) is 86.7 Å². The van der Waals surface area contributed by atoms with Gasteiger partial charge in [0.15, 0.2) is 11.6 Å². The number of aromatic nitrogens is 2. The summed E-state index contributed by atoms with van der Waals surface area (Å²) < 4.78 is 0. The standard InChI is InChI=1S/C5H4N2O2.2C5H8O2.2H2O.Yb/c8-5(9)4-3-6-1-2-7-4;2*1-4(6)3-5(2)7;;;/h1-3H,(H,8,9);2*3,6H,1-2H3;2*1H2;/q;;;;;+3/p-1/b;2*4-3-;;;. The zero-order valence-corrected chi connectivity index (χ0v) is 16.4. The minimum Gasteiger partial charge on any atom is -0.876 e. The molecule has 11 heteroatoms. The third kappa shape index (κ3) is 30.3. The molecule has 26 heavy (non-hydrogen) atoms. The Balaban J connectivity index is -0.0000000813. The average molecular weight is 532 g/mol. The molecule has 0 spiro atoms. The Morgan fingerprint density at radius 2 is 1.23 bits per heavy atom. The van der Waals surface area contributed by atoms with E-state index >= 15 is 0 Å². The molecule has 0 aliphatic heterocycles. The van der Waals surface area contributed by atoms with Gasteiger partial charge >= 0.3 is 46.9 Å². The molecular weight excluding hydrogens is 509 g/mol. The van der Waals surface area contributed by atoms with Gasteiger partial charge in [0, 0.05) is 12.4 Å². The molecule has 1 aromatic rings. The molecule has 1 heterocycles. The van der Waals surface area contributed by atoms with E-state index in [0.29, 0.717) is 0 Å². The van der Waals surface area contributed by atoms with Crippen LogP contribution in [0.2, 0.25) is 0 Å². The van der Waals surface area contributed by atoms with E-state index in [0.717, 1.165) is 18.3 Å². The maximum Gasteiger partial charge on any atom is 3.00 e. The van der Waals surface area contributed by atoms with E-state index in [1.54, 1.807) is 0 Å². The molecule has 1 radical (unpaired) electrons. The van der Waals surface area contributed by atoms with Crippen molar-refractivity contribution in [1.29, 1.82) is 0 Å². The van der Waals surface area contributed by atoms with Crippen molar-refractivity contribution in [3.05, 3.63) is 48.0 Å². The minimum absolute atomic E-state index is 0. The number of nitrogens with zero attached hydrogens (tertiary/aromatic N) is 2. The van der Waals surface area contributed by atoms with Crippen molar-refractivity contribution in [2.75, 3.05) is 0 Å². The first kappa shape index (κ1) is 35.5. The summed E-state index contributed by atoms with van der Waals surface area (Å²) in [6, 6.07) is 0. The van der Waals surface area contributed by atoms with Crippen LogP contribution in [-0.2, 0) is 20.5 Å². The second-order valence-corrected chi connectivity index (χ2v) is 4.11. The third-order valence-electron chi connectivity index (χ3n) is 1.59. The molecule has 0 bridgehead atoms. The Morgan fingerprint density at radius 1 is 0.846 bits per heavy atom. The Morgan fingerprint density at radius 3 is 1.35 bits per heavy atom. The van der Waals surface area contributed by atoms with Gasteiger partial charge in [0.05, 0.1) is 12.2 Å². The Labute approximate surface area is 189 Å². The summed E-state index contributed by atoms with van der Waals surface area (Å²) in [6.07, 6.45) is 5.94. The van der Waals surface area contributed by atoms with Crippen molar-refractivity contribution < 1.29 is 87.6 Å². The van der Waals surface area contributed by atoms with Gasteiger partial charge in [0.25, 0.3) is 0 Å². The van der Waals surface area contributed by atoms with Crippen LogP contribution in [0.3, 0.4) is 0 Å². The number of carboxylic acid groups (broad SMARTS) is 1. The number of carbonyl (C=O) groups is 3. The first-order valence-electron chi connectivity index (χ1n) is 6.25. The average Bonchev–Trinajstić information content (AvgIpc) is 2.37. The SMILES string of the molecule is CC(=O)/C=C(/C)[O-].CC(=O)/C=C(/C)[O-].O=C([O-])c1cnccn1.[OH3+].[OH3+].[Yb+3]. The number of ketones is 2. The molecule has 0 fully saturated rings. The van der Waals surface area contributed by atoms with Crippen LogP contribution >= 0.6 is 0 Å². The largest absolute Gasteiger partial charge is 3.00 e. The van der Waals surface area contributed by atoms with Gasteiger partial charge in [-0.05, 0) is 26.0 Å².